The first kappa shape index (κ1) is 81.2. The predicted molar refractivity (Wildman–Crippen MR) is 362 cm³/mol. The molecule has 0 rings (SSSR count). The highest BCUT2D eigenvalue weighted by Crippen LogP contribution is 2.38. The summed E-state index contributed by atoms with van der Waals surface area (Å²) in [7, 11) is 1.17. The number of esters is 1. The number of amides is 1. The molecule has 0 aliphatic carbocycles. The summed E-state index contributed by atoms with van der Waals surface area (Å²) >= 11 is 0. The molecule has 0 aromatic carbocycles. The number of unbranched alkanes of at least 4 members (excludes halogenated alkanes) is 36. The fourth-order valence-electron chi connectivity index (χ4n) is 10.2. The predicted octanol–water partition coefficient (Wildman–Crippen LogP) is 21.9. The molecule has 3 atom stereocenters. The summed E-state index contributed by atoms with van der Waals surface area (Å²) in [6.45, 7) is 6.75. The second-order valence-electron chi connectivity index (χ2n) is 25.0. The van der Waals surface area contributed by atoms with Crippen LogP contribution < -0.4 is 10.2 Å². The molecule has 0 bridgehead atoms. The molecule has 0 fully saturated rings. The lowest BCUT2D eigenvalue weighted by Gasteiger charge is -2.30. The van der Waals surface area contributed by atoms with Crippen LogP contribution in [-0.4, -0.2) is 69.4 Å². The number of rotatable bonds is 64. The second-order valence-corrected chi connectivity index (χ2v) is 26.4. The molecule has 0 heterocycles. The van der Waals surface area contributed by atoms with Gasteiger partial charge < -0.3 is 28.5 Å². The molecule has 1 amide bonds. The highest BCUT2D eigenvalue weighted by molar-refractivity contribution is 7.45. The number of phosphoric acid groups is 1. The Morgan fingerprint density at radius 2 is 0.762 bits per heavy atom. The first-order valence-corrected chi connectivity index (χ1v) is 36.9. The maximum absolute atomic E-state index is 13.6. The number of carbonyl (C=O) groups excluding carboxylic acids is 2. The van der Waals surface area contributed by atoms with Crippen molar-refractivity contribution in [2.75, 3.05) is 40.9 Å². The lowest BCUT2D eigenvalue weighted by Crippen LogP contribution is -2.47. The Balaban J connectivity index is 5.13. The van der Waals surface area contributed by atoms with Gasteiger partial charge in [0, 0.05) is 12.8 Å². The van der Waals surface area contributed by atoms with E-state index in [1.165, 1.54) is 180 Å². The molecule has 10 heteroatoms. The van der Waals surface area contributed by atoms with Crippen molar-refractivity contribution in [1.82, 2.24) is 5.32 Å². The smallest absolute Gasteiger partial charge is 0.306 e. The Morgan fingerprint density at radius 1 is 0.429 bits per heavy atom. The maximum Gasteiger partial charge on any atom is 0.306 e. The number of carbonyl (C=O) groups is 2. The third kappa shape index (κ3) is 63.7. The van der Waals surface area contributed by atoms with Gasteiger partial charge in [0.15, 0.2) is 0 Å². The van der Waals surface area contributed by atoms with Gasteiger partial charge in [0.25, 0.3) is 7.82 Å². The third-order valence-corrected chi connectivity index (χ3v) is 16.6. The van der Waals surface area contributed by atoms with E-state index in [9.17, 15) is 19.0 Å². The lowest BCUT2D eigenvalue weighted by atomic mass is 10.0. The minimum atomic E-state index is -4.71. The Morgan fingerprint density at radius 3 is 1.14 bits per heavy atom. The maximum atomic E-state index is 13.6. The monoisotopic (exact) mass is 1200 g/mol. The number of nitrogens with one attached hydrogen (secondary N) is 1. The van der Waals surface area contributed by atoms with Crippen molar-refractivity contribution in [3.8, 4) is 0 Å². The first-order valence-electron chi connectivity index (χ1n) is 35.4. The highest BCUT2D eigenvalue weighted by atomic mass is 31.2. The van der Waals surface area contributed by atoms with E-state index in [1.54, 1.807) is 0 Å². The van der Waals surface area contributed by atoms with E-state index >= 15 is 0 Å². The fourth-order valence-corrected chi connectivity index (χ4v) is 10.9. The Bertz CT molecular complexity index is 1710. The van der Waals surface area contributed by atoms with E-state index in [0.29, 0.717) is 23.9 Å². The quantitative estimate of drug-likeness (QED) is 0.0212. The van der Waals surface area contributed by atoms with Crippen LogP contribution in [0.3, 0.4) is 0 Å². The van der Waals surface area contributed by atoms with Crippen LogP contribution in [0.4, 0.5) is 0 Å². The van der Waals surface area contributed by atoms with E-state index in [-0.39, 0.29) is 24.9 Å². The number of phosphoric ester groups is 1. The Labute approximate surface area is 520 Å². The van der Waals surface area contributed by atoms with Gasteiger partial charge in [0.1, 0.15) is 19.3 Å². The van der Waals surface area contributed by atoms with Crippen molar-refractivity contribution < 1.29 is 37.3 Å². The molecule has 84 heavy (non-hydrogen) atoms. The molecule has 3 unspecified atom stereocenters. The number of likely N-dealkylation sites (N-methyl/N-ethyl adjacent to an activating group) is 1. The van der Waals surface area contributed by atoms with Gasteiger partial charge in [-0.15, -0.1) is 0 Å². The second kappa shape index (κ2) is 63.2. The van der Waals surface area contributed by atoms with Crippen molar-refractivity contribution in [2.24, 2.45) is 0 Å². The van der Waals surface area contributed by atoms with E-state index in [4.69, 9.17) is 13.8 Å². The van der Waals surface area contributed by atoms with Crippen molar-refractivity contribution >= 4 is 19.7 Å². The average Bonchev–Trinajstić information content (AvgIpc) is 3.65. The molecule has 9 nitrogen and oxygen atoms in total. The van der Waals surface area contributed by atoms with Gasteiger partial charge in [-0.1, -0.05) is 312 Å². The number of allylic oxidation sites excluding steroid dienone is 13. The van der Waals surface area contributed by atoms with Crippen LogP contribution in [0.5, 0.6) is 0 Å². The summed E-state index contributed by atoms with van der Waals surface area (Å²) in [6, 6.07) is -0.902. The topological polar surface area (TPSA) is 114 Å². The molecule has 0 saturated heterocycles. The molecule has 0 aliphatic rings. The molecular formula is C74H135N2O7P. The minimum Gasteiger partial charge on any atom is -0.756 e. The largest absolute Gasteiger partial charge is 0.756 e. The molecular weight excluding hydrogens is 1060 g/mol. The van der Waals surface area contributed by atoms with Gasteiger partial charge in [0.2, 0.25) is 5.91 Å². The molecule has 0 spiro atoms. The lowest BCUT2D eigenvalue weighted by molar-refractivity contribution is -0.870. The van der Waals surface area contributed by atoms with Gasteiger partial charge in [-0.25, -0.2) is 0 Å². The molecule has 0 aliphatic heterocycles. The van der Waals surface area contributed by atoms with Crippen LogP contribution in [0, 0.1) is 0 Å². The number of quaternary nitrogens is 1. The summed E-state index contributed by atoms with van der Waals surface area (Å²) in [4.78, 5) is 40.2. The first-order chi connectivity index (χ1) is 40.9. The zero-order valence-electron chi connectivity index (χ0n) is 55.8. The van der Waals surface area contributed by atoms with E-state index in [0.717, 1.165) is 103 Å². The zero-order valence-corrected chi connectivity index (χ0v) is 56.7. The normalized spacial score (nSPS) is 14.0. The number of hydrogen-bond donors (Lipinski definition) is 1. The Kier molecular flexibility index (Phi) is 61.1. The van der Waals surface area contributed by atoms with Gasteiger partial charge in [-0.05, 0) is 83.1 Å². The summed E-state index contributed by atoms with van der Waals surface area (Å²) in [5.41, 5.74) is 0. The molecule has 0 aromatic rings. The van der Waals surface area contributed by atoms with Crippen LogP contribution in [0.2, 0.25) is 0 Å². The highest BCUT2D eigenvalue weighted by Gasteiger charge is 2.27. The van der Waals surface area contributed by atoms with Crippen LogP contribution in [0.1, 0.15) is 323 Å². The summed E-state index contributed by atoms with van der Waals surface area (Å²) in [6.07, 6.45) is 84.2. The van der Waals surface area contributed by atoms with Crippen molar-refractivity contribution in [1.29, 1.82) is 0 Å². The van der Waals surface area contributed by atoms with E-state index < -0.39 is 26.6 Å². The van der Waals surface area contributed by atoms with Gasteiger partial charge in [0.05, 0.1) is 33.8 Å². The third-order valence-electron chi connectivity index (χ3n) is 15.6. The summed E-state index contributed by atoms with van der Waals surface area (Å²) in [5, 5.41) is 3.04. The van der Waals surface area contributed by atoms with Gasteiger partial charge >= 0.3 is 5.97 Å². The van der Waals surface area contributed by atoms with Gasteiger partial charge in [-0.3, -0.25) is 14.2 Å². The number of ether oxygens (including phenoxy) is 1. The van der Waals surface area contributed by atoms with Crippen molar-refractivity contribution in [3.63, 3.8) is 0 Å². The van der Waals surface area contributed by atoms with Crippen LogP contribution in [0.25, 0.3) is 0 Å². The van der Waals surface area contributed by atoms with Gasteiger partial charge in [-0.2, -0.15) is 0 Å². The van der Waals surface area contributed by atoms with Crippen LogP contribution in [0.15, 0.2) is 85.1 Å². The van der Waals surface area contributed by atoms with E-state index in [1.807, 2.05) is 33.3 Å². The van der Waals surface area contributed by atoms with Crippen LogP contribution in [-0.2, 0) is 27.9 Å². The molecule has 0 radical (unpaired) electrons. The average molecular weight is 1200 g/mol. The number of nitrogens with zero attached hydrogens (tertiary/aromatic N) is 1. The number of hydrogen-bond acceptors (Lipinski definition) is 7. The standard InChI is InChI=1S/C74H135N2O7P/c1-7-10-13-16-19-22-25-28-30-32-34-36-38-40-42-44-46-48-51-54-57-60-63-66-73(77)75-71(70-82-84(79,80)81-69-68-76(4,5)6)72(65-62-59-56-53-50-27-24-21-18-15-12-9-3)83-74(78)67-64-61-58-55-52-49-47-45-43-41-39-37-35-33-31-29-26-23-20-17-14-11-8-2/h11,14,20,23,29,31,35,37,41,43,47,49,62,65,71-72H,7-10,12-13,15-19,21-22,24-28,30,32-34,36,38-40,42,44-46,48,50-61,63-64,66-70H2,1-6H3,(H-,75,77,79,80)/b14-11-,23-20-,31-29-,37-35-,43-41-,49-47-,65-62+. The minimum absolute atomic E-state index is 0.0284. The summed E-state index contributed by atoms with van der Waals surface area (Å²) in [5.74, 6) is -0.561. The van der Waals surface area contributed by atoms with E-state index in [2.05, 4.69) is 99.0 Å². The summed E-state index contributed by atoms with van der Waals surface area (Å²) < 4.78 is 30.4. The molecule has 0 aromatic heterocycles. The van der Waals surface area contributed by atoms with Crippen LogP contribution >= 0.6 is 7.82 Å². The fraction of sp³-hybridized carbons (Fsp3) is 0.784. The Hall–Kier alpha value is -2.81. The van der Waals surface area contributed by atoms with Crippen molar-refractivity contribution in [3.05, 3.63) is 85.1 Å². The zero-order chi connectivity index (χ0) is 61.4. The SMILES string of the molecule is CC/C=C\C/C=C\C/C=C\C/C=C\C/C=C\C/C=C\CCCCCCC(=O)OC(/C=C/CCCCCCCCCCCC)C(COP(=O)([O-])OCC[N+](C)(C)C)NC(=O)CCCCCCCCCCCCCCCCCCCCCCCCC. The molecule has 0 saturated carbocycles. The van der Waals surface area contributed by atoms with Crippen molar-refractivity contribution in [2.45, 2.75) is 335 Å². The molecule has 1 N–H and O–H groups in total. The molecule has 488 valence electrons.